The van der Waals surface area contributed by atoms with E-state index >= 15 is 0 Å². The summed E-state index contributed by atoms with van der Waals surface area (Å²) in [6.45, 7) is 15.2. The van der Waals surface area contributed by atoms with Gasteiger partial charge in [0, 0.05) is 31.2 Å². The van der Waals surface area contributed by atoms with Crippen LogP contribution in [0.25, 0.3) is 27.1 Å². The first-order valence-electron chi connectivity index (χ1n) is 14.8. The number of hydrogen-bond donors (Lipinski definition) is 0. The smallest absolute Gasteiger partial charge is 0.320 e. The fourth-order valence-corrected chi connectivity index (χ4v) is 6.92. The fraction of sp³-hybridized carbons (Fsp3) is 0.469. The zero-order chi connectivity index (χ0) is 30.2. The van der Waals surface area contributed by atoms with Gasteiger partial charge in [-0.25, -0.2) is 15.9 Å². The van der Waals surface area contributed by atoms with Crippen molar-refractivity contribution in [2.75, 3.05) is 51.3 Å². The maximum absolute atomic E-state index is 13.8. The minimum absolute atomic E-state index is 0.0244. The number of hydrogen-bond acceptors (Lipinski definition) is 7. The lowest BCUT2D eigenvalue weighted by Crippen LogP contribution is -2.56. The van der Waals surface area contributed by atoms with Crippen LogP contribution < -0.4 is 9.64 Å². The van der Waals surface area contributed by atoms with Crippen molar-refractivity contribution >= 4 is 34.4 Å². The summed E-state index contributed by atoms with van der Waals surface area (Å²) in [5.74, 6) is -0.700. The molecule has 6 rings (SSSR count). The Morgan fingerprint density at radius 2 is 2.05 bits per heavy atom. The zero-order valence-corrected chi connectivity index (χ0v) is 25.3. The maximum atomic E-state index is 13.8. The van der Waals surface area contributed by atoms with Gasteiger partial charge in [0.05, 0.1) is 16.1 Å². The number of anilines is 1. The van der Waals surface area contributed by atoms with E-state index < -0.39 is 17.8 Å². The Labute approximate surface area is 256 Å². The number of ether oxygens (including phenoxy) is 1. The van der Waals surface area contributed by atoms with Crippen LogP contribution >= 0.6 is 11.6 Å². The minimum atomic E-state index is -1.03. The van der Waals surface area contributed by atoms with E-state index in [2.05, 4.69) is 48.5 Å². The van der Waals surface area contributed by atoms with Crippen LogP contribution in [0.2, 0.25) is 5.02 Å². The molecule has 2 saturated heterocycles. The van der Waals surface area contributed by atoms with Crippen molar-refractivity contribution in [3.8, 4) is 17.3 Å². The van der Waals surface area contributed by atoms with Gasteiger partial charge in [0.1, 0.15) is 18.5 Å². The van der Waals surface area contributed by atoms with E-state index in [0.717, 1.165) is 37.8 Å². The van der Waals surface area contributed by atoms with Gasteiger partial charge >= 0.3 is 6.01 Å². The molecular weight excluding hydrogens is 569 g/mol. The second-order valence-electron chi connectivity index (χ2n) is 11.9. The highest BCUT2D eigenvalue weighted by Gasteiger charge is 2.35. The molecule has 3 atom stereocenters. The van der Waals surface area contributed by atoms with Crippen molar-refractivity contribution < 1.29 is 13.9 Å². The number of fused-ring (bicyclic) bond motifs is 2. The number of pyridine rings is 1. The number of piperazine rings is 1. The van der Waals surface area contributed by atoms with Crippen LogP contribution in [0.1, 0.15) is 30.9 Å². The van der Waals surface area contributed by atoms with Gasteiger partial charge in [0.2, 0.25) is 6.54 Å². The number of amides is 1. The molecule has 2 aromatic heterocycles. The first kappa shape index (κ1) is 29.3. The highest BCUT2D eigenvalue weighted by Crippen LogP contribution is 2.39. The molecule has 0 spiro atoms. The van der Waals surface area contributed by atoms with Gasteiger partial charge < -0.3 is 24.3 Å². The topological polar surface area (TPSA) is 79.1 Å². The van der Waals surface area contributed by atoms with Gasteiger partial charge in [0.15, 0.2) is 11.5 Å². The first-order chi connectivity index (χ1) is 20.7. The van der Waals surface area contributed by atoms with Gasteiger partial charge in [-0.2, -0.15) is 9.97 Å². The number of halogens is 2. The van der Waals surface area contributed by atoms with Crippen molar-refractivity contribution in [2.45, 2.75) is 44.7 Å². The molecule has 9 nitrogen and oxygen atoms in total. The molecule has 3 aromatic rings. The molecule has 0 radical (unpaired) electrons. The van der Waals surface area contributed by atoms with E-state index in [0.29, 0.717) is 46.6 Å². The molecule has 2 fully saturated rings. The molecule has 3 aliphatic rings. The van der Waals surface area contributed by atoms with E-state index in [1.54, 1.807) is 0 Å². The fourth-order valence-electron chi connectivity index (χ4n) is 6.67. The predicted octanol–water partition coefficient (Wildman–Crippen LogP) is 4.97. The average Bonchev–Trinajstić information content (AvgIpc) is 3.59. The molecule has 224 valence electrons. The summed E-state index contributed by atoms with van der Waals surface area (Å²) in [7, 11) is 2.09. The lowest BCUT2D eigenvalue weighted by molar-refractivity contribution is -0.131. The van der Waals surface area contributed by atoms with Gasteiger partial charge in [-0.1, -0.05) is 43.3 Å². The van der Waals surface area contributed by atoms with Gasteiger partial charge in [-0.15, -0.1) is 0 Å². The Morgan fingerprint density at radius 1 is 1.21 bits per heavy atom. The Kier molecular flexibility index (Phi) is 8.21. The van der Waals surface area contributed by atoms with Crippen molar-refractivity contribution in [3.63, 3.8) is 0 Å². The molecule has 1 unspecified atom stereocenters. The number of likely N-dealkylation sites (N-methyl/N-ethyl adjacent to an activating group) is 1. The quantitative estimate of drug-likeness (QED) is 0.279. The summed E-state index contributed by atoms with van der Waals surface area (Å²) < 4.78 is 20.0. The third-order valence-corrected chi connectivity index (χ3v) is 9.19. The van der Waals surface area contributed by atoms with Crippen LogP contribution in [0, 0.1) is 12.5 Å². The Morgan fingerprint density at radius 3 is 2.79 bits per heavy atom. The summed E-state index contributed by atoms with van der Waals surface area (Å²) in [6.07, 6.45) is 4.16. The maximum Gasteiger partial charge on any atom is 0.320 e. The van der Waals surface area contributed by atoms with Crippen molar-refractivity contribution in [2.24, 2.45) is 5.92 Å². The van der Waals surface area contributed by atoms with E-state index in [1.165, 1.54) is 16.0 Å². The summed E-state index contributed by atoms with van der Waals surface area (Å²) in [5.41, 5.74) is 4.75. The summed E-state index contributed by atoms with van der Waals surface area (Å²) >= 11 is 6.95. The molecule has 43 heavy (non-hydrogen) atoms. The normalized spacial score (nSPS) is 22.1. The van der Waals surface area contributed by atoms with Crippen LogP contribution in [0.4, 0.5) is 10.2 Å². The second kappa shape index (κ2) is 12.1. The number of carbonyl (C=O) groups is 1. The van der Waals surface area contributed by atoms with Crippen LogP contribution in [0.15, 0.2) is 36.7 Å². The molecule has 0 N–H and O–H groups in total. The average molecular weight is 604 g/mol. The number of nitrogens with zero attached hydrogens (tertiary/aromatic N) is 7. The van der Waals surface area contributed by atoms with Crippen molar-refractivity contribution in [1.82, 2.24) is 24.8 Å². The van der Waals surface area contributed by atoms with Gasteiger partial charge in [-0.3, -0.25) is 4.79 Å². The van der Waals surface area contributed by atoms with Crippen LogP contribution in [0.5, 0.6) is 6.01 Å². The van der Waals surface area contributed by atoms with Crippen LogP contribution in [-0.4, -0.2) is 89.1 Å². The highest BCUT2D eigenvalue weighted by molar-refractivity contribution is 6.34. The Bertz CT molecular complexity index is 1630. The minimum Gasteiger partial charge on any atom is -0.462 e. The first-order valence-corrected chi connectivity index (χ1v) is 15.2. The van der Waals surface area contributed by atoms with Crippen molar-refractivity contribution in [3.05, 3.63) is 64.2 Å². The second-order valence-corrected chi connectivity index (χ2v) is 12.3. The summed E-state index contributed by atoms with van der Waals surface area (Å²) in [6, 6.07) is 8.10. The third kappa shape index (κ3) is 5.76. The molecular formula is C32H35ClFN7O2. The van der Waals surface area contributed by atoms with E-state index in [4.69, 9.17) is 37.9 Å². The van der Waals surface area contributed by atoms with Crippen molar-refractivity contribution in [1.29, 1.82) is 0 Å². The highest BCUT2D eigenvalue weighted by atomic mass is 35.5. The molecule has 1 aliphatic carbocycles. The summed E-state index contributed by atoms with van der Waals surface area (Å²) in [4.78, 5) is 36.2. The monoisotopic (exact) mass is 603 g/mol. The standard InChI is InChI=1S/C32H35ClFN7O2/c1-19-13-21-7-5-9-24(25(21)14-19)28-27(33)15-26-29(36-28)37-32(43-18-22-8-6-10-39(22)4)38-30(26)40-11-12-41(31(42)20(2)34)23(17-40)16-35-3/h5,7,9,15,19,22-23H,2,6,8,10-14,16-18H2,1,4H3/t19?,22-,23-/m0/s1. The number of likely N-dealkylation sites (tertiary alicyclic amines) is 1. The predicted molar refractivity (Wildman–Crippen MR) is 165 cm³/mol. The Hall–Kier alpha value is -3.81. The lowest BCUT2D eigenvalue weighted by Gasteiger charge is -2.39. The molecule has 11 heteroatoms. The van der Waals surface area contributed by atoms with Gasteiger partial charge in [0.25, 0.3) is 5.91 Å². The molecule has 2 aliphatic heterocycles. The number of aromatic nitrogens is 3. The summed E-state index contributed by atoms with van der Waals surface area (Å²) in [5, 5.41) is 1.14. The Balaban J connectivity index is 1.41. The van der Waals surface area contributed by atoms with Gasteiger partial charge in [-0.05, 0) is 62.4 Å². The number of benzene rings is 1. The number of rotatable bonds is 7. The van der Waals surface area contributed by atoms with E-state index in [-0.39, 0.29) is 31.7 Å². The van der Waals surface area contributed by atoms with E-state index in [9.17, 15) is 9.18 Å². The zero-order valence-electron chi connectivity index (χ0n) is 24.5. The molecule has 0 saturated carbocycles. The van der Waals surface area contributed by atoms with Crippen LogP contribution in [-0.2, 0) is 17.6 Å². The lowest BCUT2D eigenvalue weighted by atomic mass is 9.99. The molecule has 4 heterocycles. The molecule has 1 aromatic carbocycles. The van der Waals surface area contributed by atoms with Crippen LogP contribution in [0.3, 0.4) is 0 Å². The largest absolute Gasteiger partial charge is 0.462 e. The molecule has 1 amide bonds. The number of carbonyl (C=O) groups excluding carboxylic acids is 1. The van der Waals surface area contributed by atoms with E-state index in [1.807, 2.05) is 11.0 Å². The molecule has 0 bridgehead atoms. The third-order valence-electron chi connectivity index (χ3n) is 8.90. The SMILES string of the molecule is [C-]#[N+]C[C@H]1CN(c2nc(OC[C@@H]3CCCN3C)nc3nc(-c4cccc5c4CC(C)C5)c(Cl)cc23)CCN1C(=O)C(=C)F.